The molecule has 4 rings (SSSR count). The molecule has 1 aromatic carbocycles. The van der Waals surface area contributed by atoms with Crippen LogP contribution < -0.4 is 5.32 Å². The summed E-state index contributed by atoms with van der Waals surface area (Å²) in [6, 6.07) is 11.3. The number of nitrogens with zero attached hydrogens (tertiary/aromatic N) is 3. The molecule has 4 aromatic rings. The summed E-state index contributed by atoms with van der Waals surface area (Å²) >= 11 is 1.61. The number of carbonyl (C=O) groups is 1. The van der Waals surface area contributed by atoms with E-state index in [1.807, 2.05) is 41.1 Å². The lowest BCUT2D eigenvalue weighted by Gasteiger charge is -2.07. The molecule has 0 bridgehead atoms. The van der Waals surface area contributed by atoms with E-state index < -0.39 is 0 Å². The quantitative estimate of drug-likeness (QED) is 0.575. The van der Waals surface area contributed by atoms with E-state index in [2.05, 4.69) is 20.5 Å². The van der Waals surface area contributed by atoms with E-state index in [1.54, 1.807) is 24.3 Å². The largest absolute Gasteiger partial charge is 0.321 e. The Hall–Kier alpha value is -3.50. The lowest BCUT2D eigenvalue weighted by Crippen LogP contribution is -2.15. The number of benzene rings is 1. The first-order valence-electron chi connectivity index (χ1n) is 7.84. The Morgan fingerprint density at radius 3 is 2.92 bits per heavy atom. The minimum absolute atomic E-state index is 0.300. The van der Waals surface area contributed by atoms with Crippen LogP contribution in [0.4, 0.5) is 5.69 Å². The summed E-state index contributed by atoms with van der Waals surface area (Å²) < 4.78 is 0. The number of hydrogen-bond donors (Lipinski definition) is 2. The van der Waals surface area contributed by atoms with E-state index in [9.17, 15) is 4.79 Å². The van der Waals surface area contributed by atoms with Crippen molar-refractivity contribution in [2.24, 2.45) is 0 Å². The van der Waals surface area contributed by atoms with Gasteiger partial charge in [-0.15, -0.1) is 0 Å². The highest BCUT2D eigenvalue weighted by atomic mass is 32.1. The van der Waals surface area contributed by atoms with Gasteiger partial charge in [0.15, 0.2) is 0 Å². The summed E-state index contributed by atoms with van der Waals surface area (Å²) in [4.78, 5) is 16.6. The Morgan fingerprint density at radius 2 is 2.19 bits per heavy atom. The van der Waals surface area contributed by atoms with Gasteiger partial charge in [-0.25, -0.2) is 4.98 Å². The number of nitriles is 1. The maximum absolute atomic E-state index is 12.5. The maximum Gasteiger partial charge on any atom is 0.274 e. The van der Waals surface area contributed by atoms with Gasteiger partial charge in [-0.05, 0) is 48.2 Å². The molecule has 3 aromatic heterocycles. The minimum Gasteiger partial charge on any atom is -0.321 e. The van der Waals surface area contributed by atoms with E-state index in [4.69, 9.17) is 5.26 Å². The molecule has 26 heavy (non-hydrogen) atoms. The van der Waals surface area contributed by atoms with Crippen molar-refractivity contribution in [3.63, 3.8) is 0 Å². The number of hydrogen-bond acceptors (Lipinski definition) is 5. The Morgan fingerprint density at radius 1 is 1.31 bits per heavy atom. The van der Waals surface area contributed by atoms with Crippen LogP contribution in [0.5, 0.6) is 0 Å². The van der Waals surface area contributed by atoms with Crippen LogP contribution in [-0.2, 0) is 0 Å². The van der Waals surface area contributed by atoms with Crippen LogP contribution in [0, 0.1) is 18.3 Å². The average Bonchev–Trinajstić information content (AvgIpc) is 3.30. The lowest BCUT2D eigenvalue weighted by molar-refractivity contribution is 0.102. The molecule has 0 aliphatic heterocycles. The fourth-order valence-corrected chi connectivity index (χ4v) is 3.42. The van der Waals surface area contributed by atoms with Crippen molar-refractivity contribution in [1.82, 2.24) is 15.2 Å². The minimum atomic E-state index is -0.313. The van der Waals surface area contributed by atoms with Gasteiger partial charge in [0.05, 0.1) is 11.1 Å². The molecule has 0 saturated carbocycles. The fraction of sp³-hybridized carbons (Fsp3) is 0.0526. The van der Waals surface area contributed by atoms with Crippen LogP contribution in [0.2, 0.25) is 0 Å². The Kier molecular flexibility index (Phi) is 3.95. The number of rotatable bonds is 3. The molecule has 2 N–H and O–H groups in total. The Labute approximate surface area is 153 Å². The summed E-state index contributed by atoms with van der Waals surface area (Å²) in [6.45, 7) is 1.76. The van der Waals surface area contributed by atoms with E-state index in [0.29, 0.717) is 22.5 Å². The van der Waals surface area contributed by atoms with Crippen LogP contribution in [0.25, 0.3) is 22.2 Å². The number of aromatic amines is 1. The van der Waals surface area contributed by atoms with Gasteiger partial charge in [-0.1, -0.05) is 0 Å². The van der Waals surface area contributed by atoms with Gasteiger partial charge < -0.3 is 5.32 Å². The molecule has 126 valence electrons. The SMILES string of the molecule is Cc1cc(C#N)cnc1C(=O)Nc1ccc2[nH]nc(-c3ccsc3)c2c1. The highest BCUT2D eigenvalue weighted by Gasteiger charge is 2.14. The second-order valence-corrected chi connectivity index (χ2v) is 6.58. The molecule has 0 spiro atoms. The molecular formula is C19H13N5OS. The van der Waals surface area contributed by atoms with Gasteiger partial charge in [0.2, 0.25) is 0 Å². The van der Waals surface area contributed by atoms with Crippen molar-refractivity contribution in [3.05, 3.63) is 64.1 Å². The van der Waals surface area contributed by atoms with Crippen LogP contribution in [0.1, 0.15) is 21.6 Å². The standard InChI is InChI=1S/C19H13N5OS/c1-11-6-12(8-20)9-21-17(11)19(25)22-14-2-3-16-15(7-14)18(24-23-16)13-4-5-26-10-13/h2-7,9-10H,1H3,(H,22,25)(H,23,24). The predicted molar refractivity (Wildman–Crippen MR) is 101 cm³/mol. The highest BCUT2D eigenvalue weighted by Crippen LogP contribution is 2.29. The number of aryl methyl sites for hydroxylation is 1. The zero-order chi connectivity index (χ0) is 18.1. The lowest BCUT2D eigenvalue weighted by atomic mass is 10.1. The van der Waals surface area contributed by atoms with Crippen LogP contribution in [0.3, 0.4) is 0 Å². The van der Waals surface area contributed by atoms with Gasteiger partial charge in [-0.2, -0.15) is 21.7 Å². The second kappa shape index (κ2) is 6.43. The summed E-state index contributed by atoms with van der Waals surface area (Å²) in [5.74, 6) is -0.313. The first-order chi connectivity index (χ1) is 12.7. The number of fused-ring (bicyclic) bond motifs is 1. The van der Waals surface area contributed by atoms with Gasteiger partial charge >= 0.3 is 0 Å². The molecule has 0 saturated heterocycles. The molecule has 0 aliphatic carbocycles. The summed E-state index contributed by atoms with van der Waals surface area (Å²) in [5, 5.41) is 24.1. The van der Waals surface area contributed by atoms with Crippen molar-refractivity contribution in [1.29, 1.82) is 5.26 Å². The monoisotopic (exact) mass is 359 g/mol. The van der Waals surface area contributed by atoms with Gasteiger partial charge in [0, 0.05) is 28.2 Å². The van der Waals surface area contributed by atoms with E-state index in [0.717, 1.165) is 22.2 Å². The Balaban J connectivity index is 1.66. The van der Waals surface area contributed by atoms with Crippen LogP contribution >= 0.6 is 11.3 Å². The third-order valence-corrected chi connectivity index (χ3v) is 4.72. The molecule has 0 unspecified atom stereocenters. The van der Waals surface area contributed by atoms with Gasteiger partial charge in [0.25, 0.3) is 5.91 Å². The number of amides is 1. The van der Waals surface area contributed by atoms with Crippen molar-refractivity contribution < 1.29 is 4.79 Å². The van der Waals surface area contributed by atoms with E-state index in [-0.39, 0.29) is 5.91 Å². The predicted octanol–water partition coefficient (Wildman–Crippen LogP) is 4.12. The number of carbonyl (C=O) groups excluding carboxylic acids is 1. The Bertz CT molecular complexity index is 1150. The van der Waals surface area contributed by atoms with Crippen molar-refractivity contribution in [2.45, 2.75) is 6.92 Å². The van der Waals surface area contributed by atoms with E-state index in [1.165, 1.54) is 6.20 Å². The highest BCUT2D eigenvalue weighted by molar-refractivity contribution is 7.08. The van der Waals surface area contributed by atoms with Gasteiger partial charge in [0.1, 0.15) is 17.5 Å². The number of pyridine rings is 1. The van der Waals surface area contributed by atoms with Crippen molar-refractivity contribution >= 4 is 33.8 Å². The van der Waals surface area contributed by atoms with Crippen LogP contribution in [0.15, 0.2) is 47.3 Å². The molecule has 3 heterocycles. The maximum atomic E-state index is 12.5. The molecule has 1 amide bonds. The smallest absolute Gasteiger partial charge is 0.274 e. The number of H-pyrrole nitrogens is 1. The summed E-state index contributed by atoms with van der Waals surface area (Å²) in [7, 11) is 0. The number of aromatic nitrogens is 3. The van der Waals surface area contributed by atoms with E-state index >= 15 is 0 Å². The number of thiophene rings is 1. The molecule has 0 atom stereocenters. The molecule has 0 radical (unpaired) electrons. The third-order valence-electron chi connectivity index (χ3n) is 4.04. The first-order valence-corrected chi connectivity index (χ1v) is 8.79. The molecule has 6 nitrogen and oxygen atoms in total. The molecule has 0 aliphatic rings. The molecule has 0 fully saturated rings. The average molecular weight is 359 g/mol. The zero-order valence-electron chi connectivity index (χ0n) is 13.8. The van der Waals surface area contributed by atoms with Crippen molar-refractivity contribution in [3.8, 4) is 17.3 Å². The molecule has 7 heteroatoms. The summed E-state index contributed by atoms with van der Waals surface area (Å²) in [6.07, 6.45) is 1.40. The van der Waals surface area contributed by atoms with Gasteiger partial charge in [-0.3, -0.25) is 9.89 Å². The number of nitrogens with one attached hydrogen (secondary N) is 2. The second-order valence-electron chi connectivity index (χ2n) is 5.80. The third kappa shape index (κ3) is 2.83. The summed E-state index contributed by atoms with van der Waals surface area (Å²) in [5.41, 5.74) is 4.83. The first kappa shape index (κ1) is 16.0. The topological polar surface area (TPSA) is 94.5 Å². The fourth-order valence-electron chi connectivity index (χ4n) is 2.77. The number of anilines is 1. The van der Waals surface area contributed by atoms with Crippen LogP contribution in [-0.4, -0.2) is 21.1 Å². The zero-order valence-corrected chi connectivity index (χ0v) is 14.6. The van der Waals surface area contributed by atoms with Crippen molar-refractivity contribution in [2.75, 3.05) is 5.32 Å². The molecular weight excluding hydrogens is 346 g/mol. The normalized spacial score (nSPS) is 10.6.